The van der Waals surface area contributed by atoms with Gasteiger partial charge in [-0.25, -0.2) is 0 Å². The molecule has 0 unspecified atom stereocenters. The van der Waals surface area contributed by atoms with Gasteiger partial charge in [-0.15, -0.1) is 0 Å². The maximum Gasteiger partial charge on any atom is 0.119 e. The van der Waals surface area contributed by atoms with Crippen molar-refractivity contribution in [3.05, 3.63) is 36.5 Å². The van der Waals surface area contributed by atoms with Crippen LogP contribution >= 0.6 is 0 Å². The molecule has 106 valence electrons. The maximum absolute atomic E-state index is 5.73. The van der Waals surface area contributed by atoms with Gasteiger partial charge >= 0.3 is 0 Å². The molecule has 0 fully saturated rings. The number of ether oxygens (including phenoxy) is 1. The van der Waals surface area contributed by atoms with E-state index >= 15 is 0 Å². The molecule has 0 aliphatic heterocycles. The summed E-state index contributed by atoms with van der Waals surface area (Å²) >= 11 is 0. The van der Waals surface area contributed by atoms with E-state index in [1.54, 1.807) is 0 Å². The van der Waals surface area contributed by atoms with Crippen LogP contribution in [-0.4, -0.2) is 31.1 Å². The summed E-state index contributed by atoms with van der Waals surface area (Å²) in [5.41, 5.74) is 1.98. The van der Waals surface area contributed by atoms with E-state index in [1.807, 2.05) is 31.2 Å². The first kappa shape index (κ1) is 15.6. The van der Waals surface area contributed by atoms with Gasteiger partial charge in [0.1, 0.15) is 5.75 Å². The van der Waals surface area contributed by atoms with Crippen LogP contribution in [0.4, 0.5) is 5.69 Å². The van der Waals surface area contributed by atoms with Gasteiger partial charge in [0.15, 0.2) is 0 Å². The van der Waals surface area contributed by atoms with E-state index < -0.39 is 0 Å². The van der Waals surface area contributed by atoms with E-state index in [0.29, 0.717) is 0 Å². The Morgan fingerprint density at radius 1 is 1.21 bits per heavy atom. The molecule has 3 nitrogen and oxygen atoms in total. The molecule has 1 N–H and O–H groups in total. The van der Waals surface area contributed by atoms with Gasteiger partial charge in [0.05, 0.1) is 6.61 Å². The maximum atomic E-state index is 5.73. The van der Waals surface area contributed by atoms with Gasteiger partial charge in [-0.3, -0.25) is 0 Å². The molecular formula is C16H26N2O. The van der Waals surface area contributed by atoms with Gasteiger partial charge in [0.25, 0.3) is 0 Å². The van der Waals surface area contributed by atoms with E-state index in [4.69, 9.17) is 4.74 Å². The van der Waals surface area contributed by atoms with Crippen molar-refractivity contribution in [1.82, 2.24) is 4.90 Å². The van der Waals surface area contributed by atoms with E-state index in [-0.39, 0.29) is 0 Å². The summed E-state index contributed by atoms with van der Waals surface area (Å²) in [4.78, 5) is 2.41. The molecule has 0 saturated carbocycles. The number of nitrogens with one attached hydrogen (secondary N) is 1. The van der Waals surface area contributed by atoms with Crippen LogP contribution in [-0.2, 0) is 0 Å². The number of anilines is 1. The monoisotopic (exact) mass is 262 g/mol. The summed E-state index contributed by atoms with van der Waals surface area (Å²) in [6.45, 7) is 14.2. The van der Waals surface area contributed by atoms with Gasteiger partial charge < -0.3 is 15.0 Å². The Labute approximate surface area is 117 Å². The molecule has 0 saturated heterocycles. The van der Waals surface area contributed by atoms with E-state index in [2.05, 4.69) is 30.6 Å². The van der Waals surface area contributed by atoms with Gasteiger partial charge in [0, 0.05) is 17.9 Å². The molecule has 1 rings (SSSR count). The van der Waals surface area contributed by atoms with Crippen LogP contribution in [0, 0.1) is 0 Å². The van der Waals surface area contributed by atoms with Gasteiger partial charge in [-0.1, -0.05) is 20.4 Å². The highest BCUT2D eigenvalue weighted by molar-refractivity contribution is 5.49. The fraction of sp³-hybridized carbons (Fsp3) is 0.500. The molecule has 0 radical (unpaired) electrons. The van der Waals surface area contributed by atoms with Crippen LogP contribution in [0.3, 0.4) is 0 Å². The van der Waals surface area contributed by atoms with Gasteiger partial charge in [-0.2, -0.15) is 0 Å². The average Bonchev–Trinajstić information content (AvgIpc) is 2.40. The Morgan fingerprint density at radius 3 is 2.37 bits per heavy atom. The highest BCUT2D eigenvalue weighted by Gasteiger charge is 1.99. The summed E-state index contributed by atoms with van der Waals surface area (Å²) in [5, 5.41) is 3.17. The zero-order chi connectivity index (χ0) is 14.1. The van der Waals surface area contributed by atoms with E-state index in [9.17, 15) is 0 Å². The first-order valence-electron chi connectivity index (χ1n) is 7.03. The highest BCUT2D eigenvalue weighted by Crippen LogP contribution is 2.16. The average molecular weight is 262 g/mol. The summed E-state index contributed by atoms with van der Waals surface area (Å²) in [6, 6.07) is 7.99. The lowest BCUT2D eigenvalue weighted by Gasteiger charge is -2.17. The minimum atomic E-state index is 0.768. The molecule has 0 aliphatic rings. The van der Waals surface area contributed by atoms with Crippen LogP contribution < -0.4 is 10.1 Å². The lowest BCUT2D eigenvalue weighted by Crippen LogP contribution is -2.25. The predicted molar refractivity (Wildman–Crippen MR) is 82.8 cm³/mol. The Balaban J connectivity index is 2.28. The van der Waals surface area contributed by atoms with Crippen LogP contribution in [0.25, 0.3) is 0 Å². The third-order valence-corrected chi connectivity index (χ3v) is 2.99. The Bertz CT molecular complexity index is 369. The van der Waals surface area contributed by atoms with Crippen molar-refractivity contribution in [3.63, 3.8) is 0 Å². The second-order valence-corrected chi connectivity index (χ2v) is 4.66. The molecule has 0 atom stereocenters. The van der Waals surface area contributed by atoms with Crippen molar-refractivity contribution in [2.75, 3.05) is 31.6 Å². The number of hydrogen-bond donors (Lipinski definition) is 1. The number of nitrogens with zero attached hydrogens (tertiary/aromatic N) is 1. The molecule has 0 heterocycles. The molecule has 0 amide bonds. The van der Waals surface area contributed by atoms with Crippen molar-refractivity contribution in [2.45, 2.75) is 27.2 Å². The van der Waals surface area contributed by atoms with Crippen LogP contribution in [0.15, 0.2) is 36.5 Å². The second-order valence-electron chi connectivity index (χ2n) is 4.66. The molecule has 0 bridgehead atoms. The summed E-state index contributed by atoms with van der Waals surface area (Å²) in [7, 11) is 0. The van der Waals surface area contributed by atoms with Crippen molar-refractivity contribution in [2.24, 2.45) is 0 Å². The normalized spacial score (nSPS) is 10.5. The molecular weight excluding hydrogens is 236 g/mol. The fourth-order valence-electron chi connectivity index (χ4n) is 1.90. The van der Waals surface area contributed by atoms with Gasteiger partial charge in [-0.05, 0) is 50.7 Å². The largest absolute Gasteiger partial charge is 0.494 e. The minimum Gasteiger partial charge on any atom is -0.494 e. The zero-order valence-electron chi connectivity index (χ0n) is 12.4. The van der Waals surface area contributed by atoms with E-state index in [0.717, 1.165) is 49.8 Å². The standard InChI is InChI=1S/C16H26N2O/c1-5-18(6-2)12-7-13-19-16-10-8-15(9-11-16)17-14(3)4/h8-11,17H,3,5-7,12-13H2,1-2,4H3. The Morgan fingerprint density at radius 2 is 1.84 bits per heavy atom. The quantitative estimate of drug-likeness (QED) is 0.686. The minimum absolute atomic E-state index is 0.768. The Kier molecular flexibility index (Phi) is 7.04. The number of hydrogen-bond acceptors (Lipinski definition) is 3. The van der Waals surface area contributed by atoms with Crippen LogP contribution in [0.1, 0.15) is 27.2 Å². The number of benzene rings is 1. The van der Waals surface area contributed by atoms with Crippen molar-refractivity contribution >= 4 is 5.69 Å². The molecule has 0 aliphatic carbocycles. The molecule has 1 aromatic rings. The Hall–Kier alpha value is -1.48. The predicted octanol–water partition coefficient (Wildman–Crippen LogP) is 3.74. The zero-order valence-corrected chi connectivity index (χ0v) is 12.4. The molecule has 0 spiro atoms. The lowest BCUT2D eigenvalue weighted by molar-refractivity contribution is 0.249. The van der Waals surface area contributed by atoms with Crippen LogP contribution in [0.2, 0.25) is 0 Å². The lowest BCUT2D eigenvalue weighted by atomic mass is 10.3. The third-order valence-electron chi connectivity index (χ3n) is 2.99. The van der Waals surface area contributed by atoms with Gasteiger partial charge in [0.2, 0.25) is 0 Å². The smallest absolute Gasteiger partial charge is 0.119 e. The second kappa shape index (κ2) is 8.59. The number of allylic oxidation sites excluding steroid dienone is 1. The summed E-state index contributed by atoms with van der Waals surface area (Å²) in [5.74, 6) is 0.923. The highest BCUT2D eigenvalue weighted by atomic mass is 16.5. The molecule has 3 heteroatoms. The molecule has 19 heavy (non-hydrogen) atoms. The first-order valence-corrected chi connectivity index (χ1v) is 7.03. The summed E-state index contributed by atoms with van der Waals surface area (Å²) in [6.07, 6.45) is 1.06. The van der Waals surface area contributed by atoms with Crippen molar-refractivity contribution < 1.29 is 4.74 Å². The SMILES string of the molecule is C=C(C)Nc1ccc(OCCCN(CC)CC)cc1. The van der Waals surface area contributed by atoms with Crippen molar-refractivity contribution in [3.8, 4) is 5.75 Å². The molecule has 0 aromatic heterocycles. The van der Waals surface area contributed by atoms with E-state index in [1.165, 1.54) is 0 Å². The topological polar surface area (TPSA) is 24.5 Å². The fourth-order valence-corrected chi connectivity index (χ4v) is 1.90. The first-order chi connectivity index (χ1) is 9.15. The summed E-state index contributed by atoms with van der Waals surface area (Å²) < 4.78 is 5.73. The van der Waals surface area contributed by atoms with Crippen molar-refractivity contribution in [1.29, 1.82) is 0 Å². The third kappa shape index (κ3) is 6.30. The van der Waals surface area contributed by atoms with Crippen LogP contribution in [0.5, 0.6) is 5.75 Å². The number of rotatable bonds is 9. The molecule has 1 aromatic carbocycles.